The van der Waals surface area contributed by atoms with Crippen LogP contribution >= 0.6 is 0 Å². The second-order valence-corrected chi connectivity index (χ2v) is 16.3. The maximum Gasteiger partial charge on any atom is 0.305 e. The van der Waals surface area contributed by atoms with Gasteiger partial charge >= 0.3 is 17.9 Å². The van der Waals surface area contributed by atoms with Crippen molar-refractivity contribution in [1.29, 1.82) is 0 Å². The number of rotatable bonds is 26. The molecule has 0 aliphatic heterocycles. The lowest BCUT2D eigenvalue weighted by Gasteiger charge is -2.31. The molecule has 2 saturated carbocycles. The first-order valence-electron chi connectivity index (χ1n) is 20.6. The molecule has 0 unspecified atom stereocenters. The van der Waals surface area contributed by atoms with Crippen LogP contribution < -0.4 is 31.9 Å². The normalized spacial score (nSPS) is 17.7. The Morgan fingerprint density at radius 1 is 0.700 bits per heavy atom. The van der Waals surface area contributed by atoms with Gasteiger partial charge in [-0.3, -0.25) is 43.2 Å². The van der Waals surface area contributed by atoms with E-state index in [0.717, 1.165) is 32.1 Å². The second kappa shape index (κ2) is 23.2. The minimum atomic E-state index is -1.76. The summed E-state index contributed by atoms with van der Waals surface area (Å²) in [6, 6.07) is -6.81. The summed E-state index contributed by atoms with van der Waals surface area (Å²) in [5.74, 6) is -9.20. The van der Waals surface area contributed by atoms with Crippen LogP contribution in [0.25, 0.3) is 0 Å². The fraction of sp³-hybridized carbons (Fsp3) is 0.737. The van der Waals surface area contributed by atoms with Gasteiger partial charge < -0.3 is 47.2 Å². The molecular weight excluding hydrogens is 788 g/mol. The number of tetrazole rings is 1. The van der Waals surface area contributed by atoms with Gasteiger partial charge in [-0.2, -0.15) is 5.21 Å². The third-order valence-corrected chi connectivity index (χ3v) is 10.8. The number of nitrogens with one attached hydrogen (secondary N) is 7. The van der Waals surface area contributed by atoms with Crippen molar-refractivity contribution in [3.05, 3.63) is 5.82 Å². The van der Waals surface area contributed by atoms with Gasteiger partial charge in [-0.15, -0.1) is 10.2 Å². The molecule has 2 aliphatic carbocycles. The highest BCUT2D eigenvalue weighted by Crippen LogP contribution is 2.43. The first-order chi connectivity index (χ1) is 28.3. The molecule has 334 valence electrons. The summed E-state index contributed by atoms with van der Waals surface area (Å²) in [6.45, 7) is 7.11. The van der Waals surface area contributed by atoms with Gasteiger partial charge in [0.2, 0.25) is 35.4 Å². The summed E-state index contributed by atoms with van der Waals surface area (Å²) < 4.78 is 0. The minimum Gasteiger partial charge on any atom is -0.481 e. The molecule has 22 nitrogen and oxygen atoms in total. The first-order valence-corrected chi connectivity index (χ1v) is 20.6. The topological polar surface area (TPSA) is 341 Å². The summed E-state index contributed by atoms with van der Waals surface area (Å²) in [7, 11) is 0. The van der Waals surface area contributed by atoms with Crippen molar-refractivity contribution >= 4 is 53.4 Å². The van der Waals surface area contributed by atoms with Crippen molar-refractivity contribution < 1.29 is 58.5 Å². The smallest absolute Gasteiger partial charge is 0.305 e. The Hall–Kier alpha value is -5.70. The largest absolute Gasteiger partial charge is 0.481 e. The molecule has 0 saturated heterocycles. The number of carboxylic acid groups (broad SMARTS) is 3. The van der Waals surface area contributed by atoms with Crippen molar-refractivity contribution in [2.45, 2.75) is 160 Å². The van der Waals surface area contributed by atoms with Crippen LogP contribution in [0.4, 0.5) is 0 Å². The van der Waals surface area contributed by atoms with Crippen LogP contribution in [-0.4, -0.2) is 120 Å². The zero-order valence-corrected chi connectivity index (χ0v) is 34.6. The molecule has 0 bridgehead atoms. The van der Waals surface area contributed by atoms with Gasteiger partial charge in [-0.1, -0.05) is 71.4 Å². The quantitative estimate of drug-likeness (QED) is 0.0586. The van der Waals surface area contributed by atoms with E-state index in [0.29, 0.717) is 31.5 Å². The van der Waals surface area contributed by atoms with Crippen LogP contribution in [0.2, 0.25) is 0 Å². The van der Waals surface area contributed by atoms with Crippen LogP contribution in [0.5, 0.6) is 0 Å². The van der Waals surface area contributed by atoms with Gasteiger partial charge in [0.1, 0.15) is 35.7 Å². The van der Waals surface area contributed by atoms with Gasteiger partial charge in [0.25, 0.3) is 0 Å². The zero-order chi connectivity index (χ0) is 44.6. The van der Waals surface area contributed by atoms with Crippen LogP contribution in [0.3, 0.4) is 0 Å². The zero-order valence-electron chi connectivity index (χ0n) is 34.6. The fourth-order valence-corrected chi connectivity index (χ4v) is 7.08. The Bertz CT molecular complexity index is 1680. The van der Waals surface area contributed by atoms with Gasteiger partial charge in [-0.05, 0) is 49.9 Å². The molecule has 0 spiro atoms. The van der Waals surface area contributed by atoms with Gasteiger partial charge in [0.15, 0.2) is 5.82 Å². The predicted molar refractivity (Wildman–Crippen MR) is 209 cm³/mol. The molecule has 1 aromatic heterocycles. The van der Waals surface area contributed by atoms with Crippen molar-refractivity contribution in [2.75, 3.05) is 0 Å². The third-order valence-electron chi connectivity index (χ3n) is 10.8. The predicted octanol–water partition coefficient (Wildman–Crippen LogP) is -0.00410. The van der Waals surface area contributed by atoms with Gasteiger partial charge in [0.05, 0.1) is 12.8 Å². The Kier molecular flexibility index (Phi) is 18.8. The number of H-pyrrole nitrogens is 1. The van der Waals surface area contributed by atoms with E-state index < -0.39 is 127 Å². The summed E-state index contributed by atoms with van der Waals surface area (Å²) in [6.07, 6.45) is 3.67. The van der Waals surface area contributed by atoms with Crippen molar-refractivity contribution in [2.24, 2.45) is 17.8 Å². The lowest BCUT2D eigenvalue weighted by molar-refractivity contribution is -0.142. The number of carboxylic acids is 3. The monoisotopic (exact) mass is 848 g/mol. The van der Waals surface area contributed by atoms with Gasteiger partial charge in [-0.25, -0.2) is 0 Å². The van der Waals surface area contributed by atoms with E-state index in [-0.39, 0.29) is 18.3 Å². The molecule has 0 radical (unpaired) electrons. The van der Waals surface area contributed by atoms with Gasteiger partial charge in [0, 0.05) is 12.8 Å². The van der Waals surface area contributed by atoms with Crippen molar-refractivity contribution in [3.8, 4) is 0 Å². The molecule has 22 heteroatoms. The Labute approximate surface area is 347 Å². The number of amides is 6. The summed E-state index contributed by atoms with van der Waals surface area (Å²) >= 11 is 0. The van der Waals surface area contributed by atoms with Crippen molar-refractivity contribution in [3.63, 3.8) is 0 Å². The molecular formula is C38H60N10O12. The van der Waals surface area contributed by atoms with Crippen LogP contribution in [-0.2, 0) is 48.7 Å². The van der Waals surface area contributed by atoms with Crippen LogP contribution in [0.1, 0.15) is 130 Å². The first kappa shape index (κ1) is 48.7. The average Bonchev–Trinajstić information content (AvgIpc) is 3.73. The molecule has 0 aromatic carbocycles. The number of aliphatic carboxylic acids is 3. The summed E-state index contributed by atoms with van der Waals surface area (Å²) in [4.78, 5) is 115. The number of hydrogen-bond donors (Lipinski definition) is 10. The molecule has 2 fully saturated rings. The van der Waals surface area contributed by atoms with E-state index in [1.54, 1.807) is 20.8 Å². The average molecular weight is 849 g/mol. The highest BCUT2D eigenvalue weighted by atomic mass is 16.4. The van der Waals surface area contributed by atoms with Crippen LogP contribution in [0, 0.1) is 17.8 Å². The minimum absolute atomic E-state index is 0.0398. The lowest BCUT2D eigenvalue weighted by atomic mass is 9.84. The Morgan fingerprint density at radius 3 is 1.85 bits per heavy atom. The number of aromatic amines is 1. The molecule has 3 rings (SSSR count). The number of hydrogen-bond acceptors (Lipinski definition) is 12. The maximum absolute atomic E-state index is 14.1. The number of carbonyl (C=O) groups excluding carboxylic acids is 6. The fourth-order valence-electron chi connectivity index (χ4n) is 7.08. The number of aromatic nitrogens is 4. The lowest BCUT2D eigenvalue weighted by Crippen LogP contribution is -2.60. The van der Waals surface area contributed by atoms with Crippen LogP contribution in [0.15, 0.2) is 0 Å². The van der Waals surface area contributed by atoms with Crippen molar-refractivity contribution in [1.82, 2.24) is 52.5 Å². The van der Waals surface area contributed by atoms with E-state index in [1.807, 2.05) is 6.92 Å². The molecule has 2 aliphatic rings. The number of nitrogens with zero attached hydrogens (tertiary/aromatic N) is 3. The second-order valence-electron chi connectivity index (χ2n) is 16.3. The van der Waals surface area contributed by atoms with E-state index >= 15 is 0 Å². The molecule has 6 amide bonds. The molecule has 6 atom stereocenters. The summed E-state index contributed by atoms with van der Waals surface area (Å²) in [5, 5.41) is 57.3. The van der Waals surface area contributed by atoms with E-state index in [9.17, 15) is 53.4 Å². The SMILES string of the molecule is CC[C@H](C)[C@H](NC(=O)[C@H](CC(C)C)NC(=O)[C@@H](CCC(=O)O)NC(=O)[C@H](CC(=O)O)NC(=O)CCC(=O)O)C(=O)N[C@@H](CC1CCCCC1)C(=O)NC1(c2nn[nH]n2)CC1. The van der Waals surface area contributed by atoms with E-state index in [4.69, 9.17) is 5.11 Å². The summed E-state index contributed by atoms with van der Waals surface area (Å²) in [5.41, 5.74) is -0.804. The highest BCUT2D eigenvalue weighted by Gasteiger charge is 2.50. The standard InChI is InChI=1S/C38H60N10O12/c1-5-21(4)31(36(60)42-25(18-22-9-7-6-8-10-22)35(59)44-38(15-16-38)37-45-47-48-46-37)43-34(58)24(17-20(2)3)41-32(56)23(11-13-28(50)51)40-33(57)26(19-30(54)55)39-27(49)12-14-29(52)53/h20-26,31H,5-19H2,1-4H3,(H,39,49)(H,40,57)(H,41,56)(H,42,60)(H,43,58)(H,44,59)(H,50,51)(H,52,53)(H,54,55)(H,45,46,47,48)/t21-,23+,24-,25-,26-,31-/m0/s1. The Balaban J connectivity index is 1.81. The maximum atomic E-state index is 14.1. The van der Waals surface area contributed by atoms with E-state index in [2.05, 4.69) is 52.5 Å². The number of carbonyl (C=O) groups is 9. The molecule has 1 aromatic rings. The molecule has 60 heavy (non-hydrogen) atoms. The van der Waals surface area contributed by atoms with E-state index in [1.165, 1.54) is 0 Å². The molecule has 10 N–H and O–H groups in total. The molecule has 1 heterocycles. The third kappa shape index (κ3) is 15.8. The highest BCUT2D eigenvalue weighted by molar-refractivity contribution is 5.97. The Morgan fingerprint density at radius 2 is 1.30 bits per heavy atom.